The van der Waals surface area contributed by atoms with E-state index >= 15 is 0 Å². The number of rotatable bonds is 11. The highest BCUT2D eigenvalue weighted by Gasteiger charge is 2.26. The molecule has 30 heavy (non-hydrogen) atoms. The molecule has 4 N–H and O–H groups in total. The quantitative estimate of drug-likeness (QED) is 0.414. The maximum absolute atomic E-state index is 12.3. The molecule has 1 saturated heterocycles. The minimum atomic E-state index is -0.931. The van der Waals surface area contributed by atoms with Crippen LogP contribution >= 0.6 is 0 Å². The number of fused-ring (bicyclic) bond motifs is 1. The zero-order valence-electron chi connectivity index (χ0n) is 17.9. The molecule has 3 heterocycles. The van der Waals surface area contributed by atoms with E-state index in [1.165, 1.54) is 12.0 Å². The number of carbonyl (C=O) groups is 2. The van der Waals surface area contributed by atoms with E-state index in [1.54, 1.807) is 0 Å². The van der Waals surface area contributed by atoms with Crippen LogP contribution in [0.25, 0.3) is 0 Å². The minimum Gasteiger partial charge on any atom is -0.480 e. The lowest BCUT2D eigenvalue weighted by Gasteiger charge is -2.24. The lowest BCUT2D eigenvalue weighted by molar-refractivity contribution is -0.142. The molecule has 0 bridgehead atoms. The number of hydrogen-bond acceptors (Lipinski definition) is 5. The van der Waals surface area contributed by atoms with Crippen molar-refractivity contribution in [3.05, 3.63) is 23.4 Å². The number of aliphatic carboxylic acids is 1. The molecular formula is C23H36N4O3. The van der Waals surface area contributed by atoms with E-state index in [-0.39, 0.29) is 11.8 Å². The molecule has 166 valence electrons. The third kappa shape index (κ3) is 6.97. The van der Waals surface area contributed by atoms with Gasteiger partial charge in [-0.3, -0.25) is 4.79 Å². The second kappa shape index (κ2) is 11.9. The predicted molar refractivity (Wildman–Crippen MR) is 118 cm³/mol. The Morgan fingerprint density at radius 3 is 2.77 bits per heavy atom. The van der Waals surface area contributed by atoms with Crippen molar-refractivity contribution in [3.8, 4) is 0 Å². The van der Waals surface area contributed by atoms with Crippen LogP contribution in [0.5, 0.6) is 0 Å². The molecule has 0 radical (unpaired) electrons. The Bertz CT molecular complexity index is 704. The summed E-state index contributed by atoms with van der Waals surface area (Å²) in [5.41, 5.74) is 2.47. The van der Waals surface area contributed by atoms with Gasteiger partial charge in [0.05, 0.1) is 5.92 Å². The summed E-state index contributed by atoms with van der Waals surface area (Å²) in [6.45, 7) is 2.59. The summed E-state index contributed by atoms with van der Waals surface area (Å²) in [5.74, 6) is -0.0987. The molecule has 1 fully saturated rings. The van der Waals surface area contributed by atoms with Crippen LogP contribution < -0.4 is 16.0 Å². The number of carboxylic acid groups (broad SMARTS) is 1. The smallest absolute Gasteiger partial charge is 0.326 e. The average molecular weight is 417 g/mol. The van der Waals surface area contributed by atoms with E-state index in [9.17, 15) is 14.7 Å². The highest BCUT2D eigenvalue weighted by molar-refractivity contribution is 5.85. The van der Waals surface area contributed by atoms with Crippen molar-refractivity contribution in [1.29, 1.82) is 0 Å². The normalized spacial score (nSPS) is 19.4. The second-order valence-electron chi connectivity index (χ2n) is 8.59. The van der Waals surface area contributed by atoms with E-state index in [4.69, 9.17) is 4.98 Å². The first kappa shape index (κ1) is 22.5. The minimum absolute atomic E-state index is 0.104. The molecule has 7 nitrogen and oxygen atoms in total. The van der Waals surface area contributed by atoms with E-state index in [0.717, 1.165) is 82.4 Å². The van der Waals surface area contributed by atoms with Gasteiger partial charge < -0.3 is 21.1 Å². The number of amides is 1. The molecule has 1 amide bonds. The molecule has 0 aromatic carbocycles. The number of aromatic nitrogens is 1. The molecular weight excluding hydrogens is 380 g/mol. The summed E-state index contributed by atoms with van der Waals surface area (Å²) in [6, 6.07) is 3.58. The number of pyridine rings is 1. The summed E-state index contributed by atoms with van der Waals surface area (Å²) >= 11 is 0. The van der Waals surface area contributed by atoms with E-state index in [2.05, 4.69) is 28.1 Å². The number of nitrogens with zero attached hydrogens (tertiary/aromatic N) is 1. The number of hydrogen-bond donors (Lipinski definition) is 4. The highest BCUT2D eigenvalue weighted by atomic mass is 16.4. The number of carboxylic acids is 1. The van der Waals surface area contributed by atoms with E-state index in [0.29, 0.717) is 13.0 Å². The molecule has 2 atom stereocenters. The highest BCUT2D eigenvalue weighted by Crippen LogP contribution is 2.20. The van der Waals surface area contributed by atoms with Crippen LogP contribution in [0.15, 0.2) is 12.1 Å². The SMILES string of the molecule is O=C(NC(CCCCCCCc1ccc2c(n1)NCCC2)C(=O)O)C1CCCNC1. The fourth-order valence-corrected chi connectivity index (χ4v) is 4.32. The van der Waals surface area contributed by atoms with Gasteiger partial charge in [-0.25, -0.2) is 9.78 Å². The van der Waals surface area contributed by atoms with Gasteiger partial charge in [-0.2, -0.15) is 0 Å². The standard InChI is InChI=1S/C23H36N4O3/c28-22(18-9-6-14-24-16-18)27-20(23(29)30)11-5-3-1-2-4-10-19-13-12-17-8-7-15-25-21(17)26-19/h12-13,18,20,24H,1-11,14-16H2,(H,25,26)(H,27,28)(H,29,30). The Morgan fingerprint density at radius 1 is 1.13 bits per heavy atom. The summed E-state index contributed by atoms with van der Waals surface area (Å²) in [5, 5.41) is 18.8. The topological polar surface area (TPSA) is 103 Å². The molecule has 3 rings (SSSR count). The third-order valence-corrected chi connectivity index (χ3v) is 6.16. The Kier molecular flexibility index (Phi) is 8.93. The lowest BCUT2D eigenvalue weighted by Crippen LogP contribution is -2.47. The van der Waals surface area contributed by atoms with Crippen LogP contribution in [0.1, 0.15) is 69.0 Å². The van der Waals surface area contributed by atoms with E-state index in [1.807, 2.05) is 0 Å². The van der Waals surface area contributed by atoms with Crippen LogP contribution in [0.3, 0.4) is 0 Å². The predicted octanol–water partition coefficient (Wildman–Crippen LogP) is 2.89. The van der Waals surface area contributed by atoms with Gasteiger partial charge in [-0.1, -0.05) is 31.7 Å². The van der Waals surface area contributed by atoms with Gasteiger partial charge in [0.1, 0.15) is 11.9 Å². The van der Waals surface area contributed by atoms with Crippen molar-refractivity contribution in [2.24, 2.45) is 5.92 Å². The van der Waals surface area contributed by atoms with Gasteiger partial charge >= 0.3 is 5.97 Å². The van der Waals surface area contributed by atoms with Crippen molar-refractivity contribution in [2.45, 2.75) is 76.7 Å². The fraction of sp³-hybridized carbons (Fsp3) is 0.696. The van der Waals surface area contributed by atoms with E-state index < -0.39 is 12.0 Å². The number of piperidine rings is 1. The molecule has 2 unspecified atom stereocenters. The maximum atomic E-state index is 12.3. The molecule has 7 heteroatoms. The summed E-state index contributed by atoms with van der Waals surface area (Å²) in [4.78, 5) is 28.5. The van der Waals surface area contributed by atoms with Crippen LogP contribution in [0, 0.1) is 5.92 Å². The Balaban J connectivity index is 1.28. The van der Waals surface area contributed by atoms with Crippen LogP contribution in [-0.2, 0) is 22.4 Å². The molecule has 0 saturated carbocycles. The average Bonchev–Trinajstić information content (AvgIpc) is 2.77. The van der Waals surface area contributed by atoms with Crippen LogP contribution in [0.2, 0.25) is 0 Å². The number of nitrogens with one attached hydrogen (secondary N) is 3. The van der Waals surface area contributed by atoms with Crippen LogP contribution in [0.4, 0.5) is 5.82 Å². The number of anilines is 1. The third-order valence-electron chi connectivity index (χ3n) is 6.16. The van der Waals surface area contributed by atoms with Crippen molar-refractivity contribution < 1.29 is 14.7 Å². The maximum Gasteiger partial charge on any atom is 0.326 e. The Labute approximate surface area is 179 Å². The van der Waals surface area contributed by atoms with Crippen molar-refractivity contribution in [1.82, 2.24) is 15.6 Å². The first-order valence-corrected chi connectivity index (χ1v) is 11.6. The van der Waals surface area contributed by atoms with Gasteiger partial charge in [0.2, 0.25) is 5.91 Å². The van der Waals surface area contributed by atoms with Gasteiger partial charge in [-0.05, 0) is 63.1 Å². The first-order chi connectivity index (χ1) is 14.6. The largest absolute Gasteiger partial charge is 0.480 e. The molecule has 1 aromatic heterocycles. The molecule has 1 aromatic rings. The van der Waals surface area contributed by atoms with Crippen molar-refractivity contribution >= 4 is 17.7 Å². The monoisotopic (exact) mass is 416 g/mol. The molecule has 0 spiro atoms. The fourth-order valence-electron chi connectivity index (χ4n) is 4.32. The van der Waals surface area contributed by atoms with Crippen molar-refractivity contribution in [2.75, 3.05) is 25.0 Å². The van der Waals surface area contributed by atoms with Gasteiger partial charge in [-0.15, -0.1) is 0 Å². The van der Waals surface area contributed by atoms with Gasteiger partial charge in [0.15, 0.2) is 0 Å². The number of aryl methyl sites for hydroxylation is 2. The second-order valence-corrected chi connectivity index (χ2v) is 8.59. The number of unbranched alkanes of at least 4 members (excludes halogenated alkanes) is 4. The zero-order chi connectivity index (χ0) is 21.2. The Hall–Kier alpha value is -2.15. The van der Waals surface area contributed by atoms with Crippen molar-refractivity contribution in [3.63, 3.8) is 0 Å². The Morgan fingerprint density at radius 2 is 1.97 bits per heavy atom. The zero-order valence-corrected chi connectivity index (χ0v) is 17.9. The molecule has 0 aliphatic carbocycles. The van der Waals surface area contributed by atoms with Crippen LogP contribution in [-0.4, -0.2) is 47.6 Å². The van der Waals surface area contributed by atoms with Gasteiger partial charge in [0.25, 0.3) is 0 Å². The molecule has 2 aliphatic rings. The summed E-state index contributed by atoms with van der Waals surface area (Å²) in [7, 11) is 0. The summed E-state index contributed by atoms with van der Waals surface area (Å²) < 4.78 is 0. The first-order valence-electron chi connectivity index (χ1n) is 11.6. The van der Waals surface area contributed by atoms with Gasteiger partial charge in [0, 0.05) is 18.8 Å². The molecule has 2 aliphatic heterocycles. The lowest BCUT2D eigenvalue weighted by atomic mass is 9.98. The number of carbonyl (C=O) groups excluding carboxylic acids is 1. The summed E-state index contributed by atoms with van der Waals surface area (Å²) in [6.07, 6.45) is 10.7.